The molecule has 1 atom stereocenters. The number of benzene rings is 3. The van der Waals surface area contributed by atoms with E-state index < -0.39 is 11.8 Å². The number of hydrogen-bond donors (Lipinski definition) is 1. The van der Waals surface area contributed by atoms with Crippen molar-refractivity contribution in [1.82, 2.24) is 14.5 Å². The van der Waals surface area contributed by atoms with Crippen LogP contribution in [-0.4, -0.2) is 56.6 Å². The van der Waals surface area contributed by atoms with Gasteiger partial charge in [0.05, 0.1) is 47.4 Å². The van der Waals surface area contributed by atoms with Crippen molar-refractivity contribution in [2.75, 3.05) is 19.7 Å². The van der Waals surface area contributed by atoms with E-state index in [2.05, 4.69) is 15.5 Å². The molecule has 1 N–H and O–H groups in total. The quantitative estimate of drug-likeness (QED) is 0.246. The molecule has 0 bridgehead atoms. The maximum absolute atomic E-state index is 14.2. The van der Waals surface area contributed by atoms with Crippen LogP contribution in [0, 0.1) is 17.1 Å². The molecule has 10 heteroatoms. The second kappa shape index (κ2) is 12.5. The minimum absolute atomic E-state index is 0.0965. The molecule has 42 heavy (non-hydrogen) atoms. The number of aromatic carboxylic acids is 1. The van der Waals surface area contributed by atoms with Gasteiger partial charge in [0.25, 0.3) is 0 Å². The Labute approximate surface area is 247 Å². The molecule has 0 saturated carbocycles. The highest BCUT2D eigenvalue weighted by Gasteiger charge is 2.25. The molecule has 0 spiro atoms. The summed E-state index contributed by atoms with van der Waals surface area (Å²) in [6.07, 6.45) is 3.20. The predicted octanol–water partition coefficient (Wildman–Crippen LogP) is 5.87. The summed E-state index contributed by atoms with van der Waals surface area (Å²) in [6, 6.07) is 19.4. The van der Waals surface area contributed by atoms with Gasteiger partial charge in [-0.2, -0.15) is 5.26 Å². The number of ether oxygens (including phenoxy) is 2. The van der Waals surface area contributed by atoms with Gasteiger partial charge in [-0.1, -0.05) is 12.1 Å². The van der Waals surface area contributed by atoms with Crippen molar-refractivity contribution in [3.8, 4) is 11.8 Å². The number of carboxylic acid groups (broad SMARTS) is 1. The van der Waals surface area contributed by atoms with Crippen molar-refractivity contribution < 1.29 is 23.8 Å². The summed E-state index contributed by atoms with van der Waals surface area (Å²) in [4.78, 5) is 20.0. The molecule has 2 saturated heterocycles. The van der Waals surface area contributed by atoms with Gasteiger partial charge in [-0.15, -0.1) is 11.8 Å². The van der Waals surface area contributed by atoms with Crippen LogP contribution in [0.5, 0.6) is 5.75 Å². The Balaban J connectivity index is 1.06. The summed E-state index contributed by atoms with van der Waals surface area (Å²) in [5.41, 5.74) is 2.62. The third kappa shape index (κ3) is 6.44. The van der Waals surface area contributed by atoms with Crippen LogP contribution in [0.3, 0.4) is 0 Å². The Hall–Kier alpha value is -3.91. The number of fused-ring (bicyclic) bond motifs is 1. The fourth-order valence-electron chi connectivity index (χ4n) is 5.37. The van der Waals surface area contributed by atoms with Crippen molar-refractivity contribution in [3.05, 3.63) is 89.0 Å². The van der Waals surface area contributed by atoms with Gasteiger partial charge < -0.3 is 19.1 Å². The summed E-state index contributed by atoms with van der Waals surface area (Å²) in [6.45, 7) is 4.13. The first-order chi connectivity index (χ1) is 20.4. The number of nitriles is 1. The molecule has 1 aromatic heterocycles. The van der Waals surface area contributed by atoms with Gasteiger partial charge in [0.15, 0.2) is 0 Å². The maximum atomic E-state index is 14.2. The van der Waals surface area contributed by atoms with E-state index in [1.54, 1.807) is 30.3 Å². The average Bonchev–Trinajstić information content (AvgIpc) is 3.31. The minimum atomic E-state index is -0.942. The highest BCUT2D eigenvalue weighted by molar-refractivity contribution is 8.00. The second-order valence-corrected chi connectivity index (χ2v) is 12.1. The number of rotatable bonds is 10. The van der Waals surface area contributed by atoms with Crippen LogP contribution in [0.25, 0.3) is 11.0 Å². The zero-order valence-corrected chi connectivity index (χ0v) is 23.9. The van der Waals surface area contributed by atoms with E-state index in [-0.39, 0.29) is 23.8 Å². The van der Waals surface area contributed by atoms with Gasteiger partial charge in [0.2, 0.25) is 0 Å². The molecule has 6 rings (SSSR count). The van der Waals surface area contributed by atoms with E-state index in [1.165, 1.54) is 6.07 Å². The number of aromatic nitrogens is 2. The fraction of sp³-hybridized carbons (Fsp3) is 0.344. The van der Waals surface area contributed by atoms with Crippen LogP contribution in [0.2, 0.25) is 0 Å². The molecule has 2 fully saturated rings. The highest BCUT2D eigenvalue weighted by atomic mass is 32.2. The number of carboxylic acids is 1. The number of hydrogen-bond acceptors (Lipinski definition) is 7. The highest BCUT2D eigenvalue weighted by Crippen LogP contribution is 2.33. The Kier molecular flexibility index (Phi) is 8.42. The molecule has 0 radical (unpaired) electrons. The number of carbonyl (C=O) groups is 1. The lowest BCUT2D eigenvalue weighted by atomic mass is 10.1. The predicted molar refractivity (Wildman–Crippen MR) is 157 cm³/mol. The van der Waals surface area contributed by atoms with E-state index in [9.17, 15) is 14.3 Å². The van der Waals surface area contributed by atoms with E-state index >= 15 is 0 Å². The van der Waals surface area contributed by atoms with Gasteiger partial charge in [-0.25, -0.2) is 14.2 Å². The maximum Gasteiger partial charge on any atom is 0.335 e. The van der Waals surface area contributed by atoms with Crippen molar-refractivity contribution in [1.29, 1.82) is 5.26 Å². The van der Waals surface area contributed by atoms with E-state index in [0.717, 1.165) is 60.7 Å². The molecule has 0 unspecified atom stereocenters. The van der Waals surface area contributed by atoms with E-state index in [1.807, 2.05) is 36.0 Å². The normalized spacial score (nSPS) is 17.6. The molecule has 4 aromatic rings. The lowest BCUT2D eigenvalue weighted by Crippen LogP contribution is -2.36. The summed E-state index contributed by atoms with van der Waals surface area (Å²) >= 11 is 1.84. The van der Waals surface area contributed by atoms with Gasteiger partial charge >= 0.3 is 5.97 Å². The Morgan fingerprint density at radius 3 is 2.69 bits per heavy atom. The van der Waals surface area contributed by atoms with Crippen LogP contribution in [0.15, 0.2) is 65.6 Å². The fourth-order valence-corrected chi connectivity index (χ4v) is 6.54. The molecule has 3 aromatic carbocycles. The van der Waals surface area contributed by atoms with Gasteiger partial charge in [0, 0.05) is 22.3 Å². The SMILES string of the molecule is N#Cc1ccc(COc2cccc(SC3CCN(Cc4nc5ccc(C(=O)O)cc5n4C[C@@H]4CCO4)CC3)c2)c(F)c1. The van der Waals surface area contributed by atoms with Gasteiger partial charge in [-0.05, 0) is 80.9 Å². The largest absolute Gasteiger partial charge is 0.489 e. The van der Waals surface area contributed by atoms with Crippen LogP contribution < -0.4 is 4.74 Å². The third-order valence-electron chi connectivity index (χ3n) is 7.84. The number of halogens is 1. The number of likely N-dealkylation sites (tertiary alicyclic amines) is 1. The molecule has 2 aliphatic heterocycles. The van der Waals surface area contributed by atoms with Crippen molar-refractivity contribution in [2.24, 2.45) is 0 Å². The molecule has 2 aliphatic rings. The molecular weight excluding hydrogens is 555 g/mol. The number of thioether (sulfide) groups is 1. The summed E-state index contributed by atoms with van der Waals surface area (Å²) < 4.78 is 27.9. The molecule has 8 nitrogen and oxygen atoms in total. The van der Waals surface area contributed by atoms with Crippen LogP contribution >= 0.6 is 11.8 Å². The third-order valence-corrected chi connectivity index (χ3v) is 9.17. The van der Waals surface area contributed by atoms with Gasteiger partial charge in [-0.3, -0.25) is 4.90 Å². The first-order valence-electron chi connectivity index (χ1n) is 14.1. The molecule has 216 valence electrons. The number of imidazole rings is 1. The van der Waals surface area contributed by atoms with Crippen molar-refractivity contribution >= 4 is 28.8 Å². The Morgan fingerprint density at radius 2 is 1.98 bits per heavy atom. The van der Waals surface area contributed by atoms with Crippen LogP contribution in [0.1, 0.15) is 46.6 Å². The zero-order valence-electron chi connectivity index (χ0n) is 23.0. The summed E-state index contributed by atoms with van der Waals surface area (Å²) in [5, 5.41) is 18.9. The average molecular weight is 587 g/mol. The Bertz CT molecular complexity index is 1640. The van der Waals surface area contributed by atoms with Crippen LogP contribution in [0.4, 0.5) is 4.39 Å². The van der Waals surface area contributed by atoms with Crippen molar-refractivity contribution in [3.63, 3.8) is 0 Å². The lowest BCUT2D eigenvalue weighted by Gasteiger charge is -2.32. The summed E-state index contributed by atoms with van der Waals surface area (Å²) in [5.74, 6) is 0.241. The molecular formula is C32H31FN4O4S. The smallest absolute Gasteiger partial charge is 0.335 e. The van der Waals surface area contributed by atoms with Crippen LogP contribution in [-0.2, 0) is 24.4 Å². The Morgan fingerprint density at radius 1 is 1.14 bits per heavy atom. The molecule has 0 amide bonds. The molecule has 0 aliphatic carbocycles. The number of nitrogens with zero attached hydrogens (tertiary/aromatic N) is 4. The van der Waals surface area contributed by atoms with Crippen molar-refractivity contribution in [2.45, 2.75) is 55.2 Å². The minimum Gasteiger partial charge on any atom is -0.489 e. The van der Waals surface area contributed by atoms with E-state index in [4.69, 9.17) is 19.7 Å². The molecule has 3 heterocycles. The number of piperidine rings is 1. The van der Waals surface area contributed by atoms with Gasteiger partial charge in [0.1, 0.15) is 24.0 Å². The zero-order chi connectivity index (χ0) is 29.1. The lowest BCUT2D eigenvalue weighted by molar-refractivity contribution is -0.0592. The first-order valence-corrected chi connectivity index (χ1v) is 15.0. The van der Waals surface area contributed by atoms with E-state index in [0.29, 0.717) is 29.7 Å². The monoisotopic (exact) mass is 586 g/mol. The summed E-state index contributed by atoms with van der Waals surface area (Å²) in [7, 11) is 0. The second-order valence-electron chi connectivity index (χ2n) is 10.7. The topological polar surface area (TPSA) is 101 Å². The standard InChI is InChI=1S/C32H31FN4O4S/c33-28-14-21(17-34)4-5-23(28)20-41-24-2-1-3-27(16-24)42-26-8-11-36(12-9-26)19-31-35-29-7-6-22(32(38)39)15-30(29)37(31)18-25-10-13-40-25/h1-7,14-16,25-26H,8-13,18-20H2,(H,38,39)/t25-/m0/s1. The first kappa shape index (κ1) is 28.2.